The van der Waals surface area contributed by atoms with E-state index in [1.54, 1.807) is 24.0 Å². The number of carbonyl (C=O) groups is 1. The second kappa shape index (κ2) is 8.71. The largest absolute Gasteiger partial charge is 0.379 e. The molecule has 2 rings (SSSR count). The number of alkyl halides is 1. The maximum Gasteiger partial charge on any atom is 0.339 e. The molecule has 146 valence electrons. The van der Waals surface area contributed by atoms with Crippen LogP contribution in [0.1, 0.15) is 26.3 Å². The number of hydrogen-bond donors (Lipinski definition) is 0. The van der Waals surface area contributed by atoms with Crippen LogP contribution in [0.2, 0.25) is 0 Å². The van der Waals surface area contributed by atoms with Gasteiger partial charge in [0.2, 0.25) is 5.91 Å². The molecule has 0 N–H and O–H groups in total. The predicted molar refractivity (Wildman–Crippen MR) is 102 cm³/mol. The van der Waals surface area contributed by atoms with Crippen molar-refractivity contribution in [2.45, 2.75) is 43.6 Å². The average Bonchev–Trinajstić information content (AvgIpc) is 2.60. The second-order valence-corrected chi connectivity index (χ2v) is 8.51. The highest BCUT2D eigenvalue weighted by atomic mass is 35.5. The molecule has 1 atom stereocenters. The Morgan fingerprint density at radius 1 is 1.07 bits per heavy atom. The molecule has 0 saturated carbocycles. The maximum absolute atomic E-state index is 12.9. The van der Waals surface area contributed by atoms with E-state index in [4.69, 9.17) is 15.8 Å². The van der Waals surface area contributed by atoms with E-state index in [-0.39, 0.29) is 22.6 Å². The first-order valence-corrected chi connectivity index (χ1v) is 10.2. The summed E-state index contributed by atoms with van der Waals surface area (Å²) in [6, 6.07) is 10.7. The number of rotatable bonds is 7. The van der Waals surface area contributed by atoms with E-state index in [2.05, 4.69) is 0 Å². The van der Waals surface area contributed by atoms with E-state index in [0.29, 0.717) is 6.54 Å². The van der Waals surface area contributed by atoms with Gasteiger partial charge in [-0.1, -0.05) is 12.1 Å². The van der Waals surface area contributed by atoms with Gasteiger partial charge in [0.25, 0.3) is 0 Å². The van der Waals surface area contributed by atoms with Crippen LogP contribution in [-0.4, -0.2) is 30.6 Å². The molecule has 0 radical (unpaired) electrons. The molecule has 2 aromatic carbocycles. The Kier molecular flexibility index (Phi) is 6.84. The predicted octanol–water partition coefficient (Wildman–Crippen LogP) is 3.96. The van der Waals surface area contributed by atoms with Crippen molar-refractivity contribution in [3.8, 4) is 5.75 Å². The molecule has 0 aliphatic carbocycles. The number of amides is 1. The van der Waals surface area contributed by atoms with Gasteiger partial charge in [-0.15, -0.1) is 11.6 Å². The maximum atomic E-state index is 12.9. The van der Waals surface area contributed by atoms with Gasteiger partial charge in [-0.05, 0) is 62.7 Å². The van der Waals surface area contributed by atoms with Gasteiger partial charge in [-0.25, -0.2) is 4.39 Å². The molecular formula is C19H21ClFNO4S. The Bertz CT molecular complexity index is 881. The lowest BCUT2D eigenvalue weighted by Crippen LogP contribution is -2.40. The Balaban J connectivity index is 2.12. The highest BCUT2D eigenvalue weighted by Crippen LogP contribution is 2.21. The topological polar surface area (TPSA) is 63.7 Å². The average molecular weight is 414 g/mol. The fourth-order valence-electron chi connectivity index (χ4n) is 2.37. The highest BCUT2D eigenvalue weighted by Gasteiger charge is 2.22. The zero-order valence-electron chi connectivity index (χ0n) is 15.2. The SMILES string of the molecule is CC(Cl)C(=O)N(Cc1ccc(OS(=O)(=O)c2ccc(F)cc2)cc1)C(C)C. The molecule has 27 heavy (non-hydrogen) atoms. The van der Waals surface area contributed by atoms with Crippen LogP contribution in [0.5, 0.6) is 5.75 Å². The van der Waals surface area contributed by atoms with Gasteiger partial charge in [0.05, 0.1) is 0 Å². The van der Waals surface area contributed by atoms with E-state index in [0.717, 1.165) is 29.8 Å². The van der Waals surface area contributed by atoms with Crippen LogP contribution in [-0.2, 0) is 21.5 Å². The van der Waals surface area contributed by atoms with Crippen LogP contribution in [0, 0.1) is 5.82 Å². The molecule has 0 aliphatic rings. The van der Waals surface area contributed by atoms with Gasteiger partial charge in [0, 0.05) is 12.6 Å². The molecule has 1 unspecified atom stereocenters. The molecule has 0 aromatic heterocycles. The second-order valence-electron chi connectivity index (χ2n) is 6.31. The summed E-state index contributed by atoms with van der Waals surface area (Å²) in [6.07, 6.45) is 0. The first-order valence-electron chi connectivity index (χ1n) is 8.33. The van der Waals surface area contributed by atoms with Crippen LogP contribution in [0.4, 0.5) is 4.39 Å². The number of carbonyl (C=O) groups excluding carboxylic acids is 1. The lowest BCUT2D eigenvalue weighted by atomic mass is 10.1. The molecule has 0 aliphatic heterocycles. The van der Waals surface area contributed by atoms with Gasteiger partial charge in [0.15, 0.2) is 0 Å². The van der Waals surface area contributed by atoms with Crippen LogP contribution in [0.15, 0.2) is 53.4 Å². The standard InChI is InChI=1S/C19H21ClFNO4S/c1-13(2)22(19(23)14(3)20)12-15-4-8-17(9-5-15)26-27(24,25)18-10-6-16(21)7-11-18/h4-11,13-14H,12H2,1-3H3. The quantitative estimate of drug-likeness (QED) is 0.509. The van der Waals surface area contributed by atoms with Crippen molar-refractivity contribution in [2.75, 3.05) is 0 Å². The minimum atomic E-state index is -4.05. The number of hydrogen-bond acceptors (Lipinski definition) is 4. The zero-order chi connectivity index (χ0) is 20.2. The van der Waals surface area contributed by atoms with Gasteiger partial charge in [-0.2, -0.15) is 8.42 Å². The molecule has 8 heteroatoms. The Hall–Kier alpha value is -2.12. The number of halogens is 2. The first-order chi connectivity index (χ1) is 12.6. The number of benzene rings is 2. The summed E-state index contributed by atoms with van der Waals surface area (Å²) in [5, 5.41) is -0.629. The monoisotopic (exact) mass is 413 g/mol. The first kappa shape index (κ1) is 21.2. The number of nitrogens with zero attached hydrogens (tertiary/aromatic N) is 1. The molecule has 1 amide bonds. The summed E-state index contributed by atoms with van der Waals surface area (Å²) in [5.74, 6) is -0.587. The van der Waals surface area contributed by atoms with Crippen molar-refractivity contribution in [1.82, 2.24) is 4.90 Å². The van der Waals surface area contributed by atoms with Crippen LogP contribution < -0.4 is 4.18 Å². The summed E-state index contributed by atoms with van der Waals surface area (Å²) in [6.45, 7) is 5.75. The van der Waals surface area contributed by atoms with E-state index in [1.807, 2.05) is 13.8 Å². The van der Waals surface area contributed by atoms with Crippen LogP contribution in [0.3, 0.4) is 0 Å². The normalized spacial score (nSPS) is 12.7. The molecule has 0 fully saturated rings. The Morgan fingerprint density at radius 3 is 2.11 bits per heavy atom. The third-order valence-corrected chi connectivity index (χ3v) is 5.28. The van der Waals surface area contributed by atoms with Gasteiger partial charge in [-0.3, -0.25) is 4.79 Å². The fraction of sp³-hybridized carbons (Fsp3) is 0.316. The molecule has 2 aromatic rings. The van der Waals surface area contributed by atoms with E-state index >= 15 is 0 Å². The molecular weight excluding hydrogens is 393 g/mol. The van der Waals surface area contributed by atoms with Gasteiger partial charge < -0.3 is 9.08 Å². The van der Waals surface area contributed by atoms with Crippen molar-refractivity contribution >= 4 is 27.6 Å². The van der Waals surface area contributed by atoms with E-state index in [1.165, 1.54) is 12.1 Å². The van der Waals surface area contributed by atoms with Crippen molar-refractivity contribution in [1.29, 1.82) is 0 Å². The van der Waals surface area contributed by atoms with E-state index in [9.17, 15) is 17.6 Å². The Labute approximate surface area is 163 Å². The fourth-order valence-corrected chi connectivity index (χ4v) is 3.42. The molecule has 5 nitrogen and oxygen atoms in total. The third-order valence-electron chi connectivity index (χ3n) is 3.83. The van der Waals surface area contributed by atoms with Crippen molar-refractivity contribution in [2.24, 2.45) is 0 Å². The third kappa shape index (κ3) is 5.68. The van der Waals surface area contributed by atoms with Gasteiger partial charge >= 0.3 is 10.1 Å². The summed E-state index contributed by atoms with van der Waals surface area (Å²) in [7, 11) is -4.05. The van der Waals surface area contributed by atoms with E-state index < -0.39 is 21.3 Å². The molecule has 0 heterocycles. The lowest BCUT2D eigenvalue weighted by Gasteiger charge is -2.28. The Morgan fingerprint density at radius 2 is 1.63 bits per heavy atom. The van der Waals surface area contributed by atoms with Gasteiger partial charge in [0.1, 0.15) is 21.8 Å². The van der Waals surface area contributed by atoms with Crippen LogP contribution >= 0.6 is 11.6 Å². The van der Waals surface area contributed by atoms with Crippen molar-refractivity contribution in [3.05, 3.63) is 59.9 Å². The minimum Gasteiger partial charge on any atom is -0.379 e. The van der Waals surface area contributed by atoms with Crippen molar-refractivity contribution in [3.63, 3.8) is 0 Å². The summed E-state index contributed by atoms with van der Waals surface area (Å²) in [5.41, 5.74) is 0.806. The minimum absolute atomic E-state index is 0.0338. The lowest BCUT2D eigenvalue weighted by molar-refractivity contribution is -0.132. The molecule has 0 bridgehead atoms. The molecule has 0 spiro atoms. The molecule has 0 saturated heterocycles. The summed E-state index contributed by atoms with van der Waals surface area (Å²) in [4.78, 5) is 13.7. The zero-order valence-corrected chi connectivity index (χ0v) is 16.8. The summed E-state index contributed by atoms with van der Waals surface area (Å²) < 4.78 is 42.4. The summed E-state index contributed by atoms with van der Waals surface area (Å²) >= 11 is 5.90. The highest BCUT2D eigenvalue weighted by molar-refractivity contribution is 7.87. The van der Waals surface area contributed by atoms with Crippen LogP contribution in [0.25, 0.3) is 0 Å². The van der Waals surface area contributed by atoms with Crippen molar-refractivity contribution < 1.29 is 21.8 Å². The smallest absolute Gasteiger partial charge is 0.339 e.